The highest BCUT2D eigenvalue weighted by molar-refractivity contribution is 7.98. The number of thioether (sulfide) groups is 1. The van der Waals surface area contributed by atoms with E-state index in [0.29, 0.717) is 27.3 Å². The first kappa shape index (κ1) is 20.0. The minimum atomic E-state index is -0.785. The van der Waals surface area contributed by atoms with Gasteiger partial charge in [-0.25, -0.2) is 9.69 Å². The van der Waals surface area contributed by atoms with Crippen LogP contribution in [0.5, 0.6) is 0 Å². The number of hydrogen-bond acceptors (Lipinski definition) is 5. The Labute approximate surface area is 181 Å². The van der Waals surface area contributed by atoms with Gasteiger partial charge in [0.25, 0.3) is 11.8 Å². The zero-order valence-electron chi connectivity index (χ0n) is 15.5. The maximum Gasteiger partial charge on any atom is 0.335 e. The molecule has 4 amide bonds. The summed E-state index contributed by atoms with van der Waals surface area (Å²) in [5.74, 6) is -0.448. The smallest absolute Gasteiger partial charge is 0.335 e. The van der Waals surface area contributed by atoms with Crippen LogP contribution in [0.25, 0.3) is 6.08 Å². The molecule has 2 heterocycles. The van der Waals surface area contributed by atoms with Crippen molar-refractivity contribution in [1.29, 1.82) is 0 Å². The number of barbiturate groups is 1. The van der Waals surface area contributed by atoms with Gasteiger partial charge in [0.15, 0.2) is 5.09 Å². The van der Waals surface area contributed by atoms with Gasteiger partial charge in [0.05, 0.1) is 5.69 Å². The van der Waals surface area contributed by atoms with Crippen molar-refractivity contribution in [2.75, 3.05) is 4.90 Å². The van der Waals surface area contributed by atoms with E-state index < -0.39 is 17.8 Å². The van der Waals surface area contributed by atoms with E-state index in [4.69, 9.17) is 16.0 Å². The van der Waals surface area contributed by atoms with Crippen LogP contribution in [-0.4, -0.2) is 17.8 Å². The minimum Gasteiger partial charge on any atom is -0.450 e. The van der Waals surface area contributed by atoms with Crippen LogP contribution in [0.15, 0.2) is 81.8 Å². The number of carbonyl (C=O) groups excluding carboxylic acids is 3. The molecule has 8 heteroatoms. The van der Waals surface area contributed by atoms with Crippen molar-refractivity contribution in [1.82, 2.24) is 5.32 Å². The maximum absolute atomic E-state index is 12.8. The molecule has 1 fully saturated rings. The summed E-state index contributed by atoms with van der Waals surface area (Å²) in [6.45, 7) is 0. The van der Waals surface area contributed by atoms with Crippen LogP contribution in [0.4, 0.5) is 10.5 Å². The number of rotatable bonds is 5. The molecule has 0 unspecified atom stereocenters. The number of benzene rings is 2. The molecule has 30 heavy (non-hydrogen) atoms. The molecule has 2 aromatic carbocycles. The molecule has 1 aliphatic rings. The highest BCUT2D eigenvalue weighted by atomic mass is 35.5. The maximum atomic E-state index is 12.8. The summed E-state index contributed by atoms with van der Waals surface area (Å²) in [6, 6.07) is 18.6. The number of nitrogens with one attached hydrogen (secondary N) is 1. The summed E-state index contributed by atoms with van der Waals surface area (Å²) < 4.78 is 5.72. The van der Waals surface area contributed by atoms with Crippen LogP contribution in [0.1, 0.15) is 11.3 Å². The number of anilines is 1. The predicted octanol–water partition coefficient (Wildman–Crippen LogP) is 4.89. The van der Waals surface area contributed by atoms with Crippen LogP contribution in [-0.2, 0) is 15.3 Å². The third-order valence-electron chi connectivity index (χ3n) is 4.30. The van der Waals surface area contributed by atoms with E-state index in [-0.39, 0.29) is 5.57 Å². The Balaban J connectivity index is 1.52. The second-order valence-corrected chi connectivity index (χ2v) is 7.78. The fourth-order valence-electron chi connectivity index (χ4n) is 2.84. The van der Waals surface area contributed by atoms with Crippen molar-refractivity contribution < 1.29 is 18.8 Å². The fraction of sp³-hybridized carbons (Fsp3) is 0.0455. The van der Waals surface area contributed by atoms with Crippen molar-refractivity contribution in [3.63, 3.8) is 0 Å². The van der Waals surface area contributed by atoms with Crippen LogP contribution in [0, 0.1) is 0 Å². The largest absolute Gasteiger partial charge is 0.450 e. The van der Waals surface area contributed by atoms with E-state index >= 15 is 0 Å². The summed E-state index contributed by atoms with van der Waals surface area (Å²) in [4.78, 5) is 38.1. The van der Waals surface area contributed by atoms with E-state index in [2.05, 4.69) is 5.32 Å². The summed E-state index contributed by atoms with van der Waals surface area (Å²) in [5, 5.41) is 3.50. The van der Waals surface area contributed by atoms with E-state index in [1.54, 1.807) is 42.5 Å². The summed E-state index contributed by atoms with van der Waals surface area (Å²) >= 11 is 7.36. The average molecular weight is 439 g/mol. The van der Waals surface area contributed by atoms with Crippen molar-refractivity contribution in [3.8, 4) is 0 Å². The van der Waals surface area contributed by atoms with Crippen LogP contribution >= 0.6 is 23.4 Å². The third kappa shape index (κ3) is 4.32. The van der Waals surface area contributed by atoms with Gasteiger partial charge in [0, 0.05) is 10.8 Å². The lowest BCUT2D eigenvalue weighted by Crippen LogP contribution is -2.54. The topological polar surface area (TPSA) is 79.6 Å². The lowest BCUT2D eigenvalue weighted by Gasteiger charge is -2.26. The Kier molecular flexibility index (Phi) is 5.74. The lowest BCUT2D eigenvalue weighted by molar-refractivity contribution is -0.122. The zero-order chi connectivity index (χ0) is 21.1. The summed E-state index contributed by atoms with van der Waals surface area (Å²) in [5.41, 5.74) is 1.28. The summed E-state index contributed by atoms with van der Waals surface area (Å²) in [7, 11) is 0. The molecule has 0 radical (unpaired) electrons. The molecule has 4 rings (SSSR count). The van der Waals surface area contributed by atoms with Crippen molar-refractivity contribution >= 4 is 53.0 Å². The van der Waals surface area contributed by atoms with Crippen LogP contribution < -0.4 is 10.2 Å². The normalized spacial score (nSPS) is 15.6. The first-order chi connectivity index (χ1) is 14.5. The number of urea groups is 1. The molecule has 150 valence electrons. The highest BCUT2D eigenvalue weighted by Crippen LogP contribution is 2.27. The molecule has 1 aliphatic heterocycles. The molecular formula is C22H15ClN2O4S. The molecule has 1 saturated heterocycles. The van der Waals surface area contributed by atoms with Gasteiger partial charge in [-0.15, -0.1) is 0 Å². The Morgan fingerprint density at radius 3 is 2.43 bits per heavy atom. The van der Waals surface area contributed by atoms with Gasteiger partial charge in [-0.1, -0.05) is 53.7 Å². The van der Waals surface area contributed by atoms with Gasteiger partial charge in [-0.05, 0) is 48.0 Å². The Morgan fingerprint density at radius 2 is 1.70 bits per heavy atom. The molecule has 0 bridgehead atoms. The van der Waals surface area contributed by atoms with Gasteiger partial charge >= 0.3 is 6.03 Å². The van der Waals surface area contributed by atoms with Gasteiger partial charge < -0.3 is 4.42 Å². The van der Waals surface area contributed by atoms with Gasteiger partial charge in [-0.2, -0.15) is 0 Å². The molecule has 0 aliphatic carbocycles. The van der Waals surface area contributed by atoms with Gasteiger partial charge in [0.1, 0.15) is 11.3 Å². The van der Waals surface area contributed by atoms with Gasteiger partial charge in [0.2, 0.25) is 0 Å². The second-order valence-electron chi connectivity index (χ2n) is 6.37. The molecule has 1 N–H and O–H groups in total. The average Bonchev–Trinajstić information content (AvgIpc) is 3.19. The molecule has 3 aromatic rings. The number of amides is 4. The third-order valence-corrected chi connectivity index (χ3v) is 5.53. The van der Waals surface area contributed by atoms with Crippen LogP contribution in [0.2, 0.25) is 5.02 Å². The number of imide groups is 2. The zero-order valence-corrected chi connectivity index (χ0v) is 17.1. The second kappa shape index (κ2) is 8.61. The number of carbonyl (C=O) groups is 3. The standard InChI is InChI=1S/C22H15ClN2O4S/c23-15-8-6-14(7-9-15)13-30-19-11-10-17(29-19)12-18-20(26)24-22(28)25(21(18)27)16-4-2-1-3-5-16/h1-12H,13H2,(H,24,26,28)/b18-12-. The Hall–Kier alpha value is -3.29. The Morgan fingerprint density at radius 1 is 0.967 bits per heavy atom. The SMILES string of the molecule is O=C1NC(=O)N(c2ccccc2)C(=O)/C1=C\c1ccc(SCc2ccc(Cl)cc2)o1. The number of para-hydroxylation sites is 1. The number of nitrogens with zero attached hydrogens (tertiary/aromatic N) is 1. The molecule has 6 nitrogen and oxygen atoms in total. The first-order valence-electron chi connectivity index (χ1n) is 8.95. The molecule has 0 saturated carbocycles. The Bertz CT molecular complexity index is 1140. The molecule has 1 aromatic heterocycles. The summed E-state index contributed by atoms with van der Waals surface area (Å²) in [6.07, 6.45) is 1.34. The molecule has 0 atom stereocenters. The van der Waals surface area contributed by atoms with E-state index in [9.17, 15) is 14.4 Å². The number of hydrogen-bond donors (Lipinski definition) is 1. The van der Waals surface area contributed by atoms with Gasteiger partial charge in [-0.3, -0.25) is 14.9 Å². The predicted molar refractivity (Wildman–Crippen MR) is 115 cm³/mol. The lowest BCUT2D eigenvalue weighted by atomic mass is 10.1. The van der Waals surface area contributed by atoms with E-state index in [1.807, 2.05) is 24.3 Å². The first-order valence-corrected chi connectivity index (χ1v) is 10.3. The van der Waals surface area contributed by atoms with Crippen molar-refractivity contribution in [2.45, 2.75) is 10.8 Å². The number of halogens is 1. The molecule has 0 spiro atoms. The van der Waals surface area contributed by atoms with Crippen molar-refractivity contribution in [2.24, 2.45) is 0 Å². The monoisotopic (exact) mass is 438 g/mol. The minimum absolute atomic E-state index is 0.179. The molecular weight excluding hydrogens is 424 g/mol. The van der Waals surface area contributed by atoms with E-state index in [0.717, 1.165) is 10.5 Å². The van der Waals surface area contributed by atoms with Crippen molar-refractivity contribution in [3.05, 3.63) is 88.6 Å². The van der Waals surface area contributed by atoms with Crippen LogP contribution in [0.3, 0.4) is 0 Å². The number of furan rings is 1. The quantitative estimate of drug-likeness (QED) is 0.348. The van der Waals surface area contributed by atoms with E-state index in [1.165, 1.54) is 17.8 Å². The fourth-order valence-corrected chi connectivity index (χ4v) is 3.78. The highest BCUT2D eigenvalue weighted by Gasteiger charge is 2.36.